The second-order valence-electron chi connectivity index (χ2n) is 9.75. The number of allylic oxidation sites excluding steroid dienone is 1. The minimum Gasteiger partial charge on any atom is -0.497 e. The Hall–Kier alpha value is -2.88. The zero-order chi connectivity index (χ0) is 24.9. The summed E-state index contributed by atoms with van der Waals surface area (Å²) in [7, 11) is 1.36. The van der Waals surface area contributed by atoms with Gasteiger partial charge in [-0.05, 0) is 42.9 Å². The highest BCUT2D eigenvalue weighted by Crippen LogP contribution is 2.52. The van der Waals surface area contributed by atoms with Gasteiger partial charge in [0, 0.05) is 24.3 Å². The van der Waals surface area contributed by atoms with Crippen molar-refractivity contribution in [3.63, 3.8) is 0 Å². The summed E-state index contributed by atoms with van der Waals surface area (Å²) < 4.78 is 55.0. The molecule has 2 aliphatic heterocycles. The third-order valence-electron chi connectivity index (χ3n) is 6.59. The molecule has 0 unspecified atom stereocenters. The summed E-state index contributed by atoms with van der Waals surface area (Å²) in [4.78, 5) is 40.8. The van der Waals surface area contributed by atoms with Crippen LogP contribution in [0.3, 0.4) is 0 Å². The SMILES string of the molecule is COc1cccc(C(=O)N[C@]2(C(F)(F)F)C(=O)N(C[C@H]3CCCO3)C3=C2C(=O)CC(C)(C)C3)c1. The van der Waals surface area contributed by atoms with Gasteiger partial charge in [0.25, 0.3) is 11.8 Å². The van der Waals surface area contributed by atoms with Crippen LogP contribution in [0.15, 0.2) is 35.5 Å². The van der Waals surface area contributed by atoms with E-state index in [9.17, 15) is 27.6 Å². The first-order valence-corrected chi connectivity index (χ1v) is 11.1. The summed E-state index contributed by atoms with van der Waals surface area (Å²) in [5, 5.41) is 1.93. The number of benzene rings is 1. The van der Waals surface area contributed by atoms with Gasteiger partial charge in [-0.25, -0.2) is 0 Å². The number of carbonyl (C=O) groups is 3. The van der Waals surface area contributed by atoms with E-state index in [0.29, 0.717) is 13.0 Å². The maximum absolute atomic E-state index is 14.8. The maximum atomic E-state index is 14.8. The predicted octanol–water partition coefficient (Wildman–Crippen LogP) is 3.39. The number of halogens is 3. The van der Waals surface area contributed by atoms with Gasteiger partial charge in [0.15, 0.2) is 5.78 Å². The third-order valence-corrected chi connectivity index (χ3v) is 6.59. The van der Waals surface area contributed by atoms with Gasteiger partial charge in [0.05, 0.1) is 25.3 Å². The van der Waals surface area contributed by atoms with Gasteiger partial charge < -0.3 is 19.7 Å². The summed E-state index contributed by atoms with van der Waals surface area (Å²) in [5.74, 6) is -3.03. The lowest BCUT2D eigenvalue weighted by atomic mass is 9.72. The standard InChI is InChI=1S/C24H27F3N2O5/c1-22(2)11-17-19(18(30)12-22)23(24(25,26)27,21(32)29(17)13-16-8-5-9-34-16)28-20(31)14-6-4-7-15(10-14)33-3/h4,6-7,10,16H,5,8-9,11-13H2,1-3H3,(H,28,31)/t16-,23+/m1/s1. The molecule has 4 rings (SSSR count). The van der Waals surface area contributed by atoms with Crippen LogP contribution in [0.1, 0.15) is 49.9 Å². The molecule has 0 saturated carbocycles. The van der Waals surface area contributed by atoms with Gasteiger partial charge >= 0.3 is 6.18 Å². The second-order valence-corrected chi connectivity index (χ2v) is 9.75. The van der Waals surface area contributed by atoms with Crippen LogP contribution in [-0.2, 0) is 14.3 Å². The molecule has 1 aromatic rings. The molecule has 1 aromatic carbocycles. The fourth-order valence-corrected chi connectivity index (χ4v) is 5.02. The zero-order valence-corrected chi connectivity index (χ0v) is 19.3. The smallest absolute Gasteiger partial charge is 0.425 e. The van der Waals surface area contributed by atoms with Crippen molar-refractivity contribution in [1.29, 1.82) is 0 Å². The topological polar surface area (TPSA) is 84.9 Å². The number of nitrogens with zero attached hydrogens (tertiary/aromatic N) is 1. The minimum atomic E-state index is -5.25. The average Bonchev–Trinajstić information content (AvgIpc) is 3.34. The molecule has 0 bridgehead atoms. The fourth-order valence-electron chi connectivity index (χ4n) is 5.02. The molecule has 2 atom stereocenters. The van der Waals surface area contributed by atoms with Crippen LogP contribution in [0.5, 0.6) is 5.75 Å². The molecule has 3 aliphatic rings. The first-order chi connectivity index (χ1) is 15.9. The third kappa shape index (κ3) is 3.97. The molecule has 1 fully saturated rings. The first kappa shape index (κ1) is 24.3. The lowest BCUT2D eigenvalue weighted by molar-refractivity contribution is -0.191. The molecular weight excluding hydrogens is 453 g/mol. The number of alkyl halides is 3. The Morgan fingerprint density at radius 3 is 2.62 bits per heavy atom. The highest BCUT2D eigenvalue weighted by atomic mass is 19.4. The number of amides is 2. The average molecular weight is 480 g/mol. The number of rotatable bonds is 5. The van der Waals surface area contributed by atoms with E-state index in [1.54, 1.807) is 13.8 Å². The molecular formula is C24H27F3N2O5. The van der Waals surface area contributed by atoms with E-state index < -0.39 is 46.4 Å². The Kier molecular flexibility index (Phi) is 6.00. The number of methoxy groups -OCH3 is 1. The molecule has 7 nitrogen and oxygen atoms in total. The van der Waals surface area contributed by atoms with E-state index in [4.69, 9.17) is 9.47 Å². The molecule has 0 spiro atoms. The van der Waals surface area contributed by atoms with E-state index in [1.165, 1.54) is 31.4 Å². The van der Waals surface area contributed by atoms with Crippen LogP contribution < -0.4 is 10.1 Å². The molecule has 1 aliphatic carbocycles. The Bertz CT molecular complexity index is 1060. The van der Waals surface area contributed by atoms with Gasteiger partial charge in [-0.3, -0.25) is 14.4 Å². The monoisotopic (exact) mass is 480 g/mol. The van der Waals surface area contributed by atoms with Crippen molar-refractivity contribution in [2.24, 2.45) is 5.41 Å². The van der Waals surface area contributed by atoms with E-state index >= 15 is 0 Å². The number of nitrogens with one attached hydrogen (secondary N) is 1. The predicted molar refractivity (Wildman–Crippen MR) is 115 cm³/mol. The first-order valence-electron chi connectivity index (χ1n) is 11.1. The fraction of sp³-hybridized carbons (Fsp3) is 0.542. The quantitative estimate of drug-likeness (QED) is 0.699. The minimum absolute atomic E-state index is 0.0185. The van der Waals surface area contributed by atoms with Crippen molar-refractivity contribution >= 4 is 17.6 Å². The molecule has 2 amide bonds. The van der Waals surface area contributed by atoms with Crippen LogP contribution in [-0.4, -0.2) is 60.6 Å². The van der Waals surface area contributed by atoms with Crippen LogP contribution in [0.2, 0.25) is 0 Å². The summed E-state index contributed by atoms with van der Waals surface area (Å²) in [5.41, 5.74) is -4.89. The molecule has 184 valence electrons. The van der Waals surface area contributed by atoms with Gasteiger partial charge in [-0.15, -0.1) is 0 Å². The van der Waals surface area contributed by atoms with Crippen LogP contribution in [0.4, 0.5) is 13.2 Å². The van der Waals surface area contributed by atoms with Crippen molar-refractivity contribution in [3.8, 4) is 5.75 Å². The Balaban J connectivity index is 1.83. The van der Waals surface area contributed by atoms with E-state index in [0.717, 1.165) is 11.3 Å². The van der Waals surface area contributed by atoms with Crippen LogP contribution in [0.25, 0.3) is 0 Å². The normalized spacial score (nSPS) is 26.6. The van der Waals surface area contributed by atoms with Crippen LogP contribution >= 0.6 is 0 Å². The second kappa shape index (κ2) is 8.41. The Morgan fingerprint density at radius 2 is 2.00 bits per heavy atom. The molecule has 34 heavy (non-hydrogen) atoms. The zero-order valence-electron chi connectivity index (χ0n) is 19.3. The van der Waals surface area contributed by atoms with Crippen LogP contribution in [0, 0.1) is 5.41 Å². The maximum Gasteiger partial charge on any atom is 0.425 e. The number of hydrogen-bond donors (Lipinski definition) is 1. The Morgan fingerprint density at radius 1 is 1.26 bits per heavy atom. The van der Waals surface area contributed by atoms with Gasteiger partial charge in [0.1, 0.15) is 5.75 Å². The number of ketones is 1. The molecule has 1 saturated heterocycles. The van der Waals surface area contributed by atoms with Gasteiger partial charge in [-0.2, -0.15) is 13.2 Å². The molecule has 1 N–H and O–H groups in total. The summed E-state index contributed by atoms with van der Waals surface area (Å²) in [6, 6.07) is 5.57. The van der Waals surface area contributed by atoms with E-state index in [1.807, 2.05) is 5.32 Å². The molecule has 10 heteroatoms. The van der Waals surface area contributed by atoms with Crippen molar-refractivity contribution < 1.29 is 37.0 Å². The number of Topliss-reactive ketones (excluding diaryl/α,β-unsaturated/α-hetero) is 1. The Labute approximate surface area is 195 Å². The molecule has 0 radical (unpaired) electrons. The largest absolute Gasteiger partial charge is 0.497 e. The molecule has 2 heterocycles. The number of ether oxygens (including phenoxy) is 2. The number of hydrogen-bond acceptors (Lipinski definition) is 5. The van der Waals surface area contributed by atoms with Gasteiger partial charge in [0.2, 0.25) is 5.54 Å². The van der Waals surface area contributed by atoms with E-state index in [-0.39, 0.29) is 36.4 Å². The van der Waals surface area contributed by atoms with Crippen molar-refractivity contribution in [2.75, 3.05) is 20.3 Å². The van der Waals surface area contributed by atoms with E-state index in [2.05, 4.69) is 0 Å². The summed E-state index contributed by atoms with van der Waals surface area (Å²) in [6.07, 6.45) is -4.42. The molecule has 0 aromatic heterocycles. The summed E-state index contributed by atoms with van der Waals surface area (Å²) in [6.45, 7) is 3.89. The lowest BCUT2D eigenvalue weighted by Crippen LogP contribution is -2.66. The van der Waals surface area contributed by atoms with Crippen molar-refractivity contribution in [2.45, 2.75) is 57.3 Å². The summed E-state index contributed by atoms with van der Waals surface area (Å²) >= 11 is 0. The number of carbonyl (C=O) groups excluding carboxylic acids is 3. The van der Waals surface area contributed by atoms with Crippen molar-refractivity contribution in [3.05, 3.63) is 41.1 Å². The van der Waals surface area contributed by atoms with Crippen molar-refractivity contribution in [1.82, 2.24) is 10.2 Å². The van der Waals surface area contributed by atoms with Gasteiger partial charge in [-0.1, -0.05) is 19.9 Å². The lowest BCUT2D eigenvalue weighted by Gasteiger charge is -2.35. The highest BCUT2D eigenvalue weighted by Gasteiger charge is 2.71. The highest BCUT2D eigenvalue weighted by molar-refractivity contribution is 6.14.